The molecule has 2 aromatic carbocycles. The lowest BCUT2D eigenvalue weighted by Crippen LogP contribution is -2.21. The fraction of sp³-hybridized carbons (Fsp3) is 0.368. The van der Waals surface area contributed by atoms with Crippen LogP contribution < -0.4 is 10.1 Å². The van der Waals surface area contributed by atoms with Gasteiger partial charge in [-0.25, -0.2) is 0 Å². The molecule has 0 saturated carbocycles. The Bertz CT molecular complexity index is 603. The monoisotopic (exact) mass is 281 g/mol. The molecule has 1 unspecified atom stereocenters. The maximum Gasteiger partial charge on any atom is 0.127 e. The van der Waals surface area contributed by atoms with Crippen LogP contribution in [0.2, 0.25) is 0 Å². The van der Waals surface area contributed by atoms with Gasteiger partial charge in [0.25, 0.3) is 0 Å². The minimum absolute atomic E-state index is 0.292. The molecular weight excluding hydrogens is 258 g/mol. The Kier molecular flexibility index (Phi) is 4.26. The van der Waals surface area contributed by atoms with Gasteiger partial charge < -0.3 is 10.1 Å². The van der Waals surface area contributed by atoms with Crippen molar-refractivity contribution in [2.75, 3.05) is 13.7 Å². The summed E-state index contributed by atoms with van der Waals surface area (Å²) in [5.74, 6) is 1.11. The molecule has 1 N–H and O–H groups in total. The summed E-state index contributed by atoms with van der Waals surface area (Å²) in [5.41, 5.74) is 5.30. The van der Waals surface area contributed by atoms with Gasteiger partial charge in [0.05, 0.1) is 6.61 Å². The molecule has 0 amide bonds. The van der Waals surface area contributed by atoms with E-state index in [9.17, 15) is 0 Å². The van der Waals surface area contributed by atoms with E-state index in [0.29, 0.717) is 6.04 Å². The first-order chi connectivity index (χ1) is 10.3. The highest BCUT2D eigenvalue weighted by Gasteiger charge is 2.20. The minimum atomic E-state index is 0.292. The molecule has 21 heavy (non-hydrogen) atoms. The number of para-hydroxylation sites is 1. The van der Waals surface area contributed by atoms with Gasteiger partial charge in [0.1, 0.15) is 5.75 Å². The van der Waals surface area contributed by atoms with Gasteiger partial charge in [0.2, 0.25) is 0 Å². The molecule has 1 atom stereocenters. The van der Waals surface area contributed by atoms with E-state index >= 15 is 0 Å². The first-order valence-electron chi connectivity index (χ1n) is 7.75. The molecule has 0 saturated heterocycles. The van der Waals surface area contributed by atoms with Crippen LogP contribution >= 0.6 is 0 Å². The highest BCUT2D eigenvalue weighted by Crippen LogP contribution is 2.34. The van der Waals surface area contributed by atoms with E-state index in [1.807, 2.05) is 7.05 Å². The number of hydrogen-bond acceptors (Lipinski definition) is 2. The summed E-state index contributed by atoms with van der Waals surface area (Å²) in [5, 5.41) is 3.45. The van der Waals surface area contributed by atoms with Gasteiger partial charge in [0, 0.05) is 11.6 Å². The lowest BCUT2D eigenvalue weighted by molar-refractivity contribution is 0.282. The van der Waals surface area contributed by atoms with Crippen molar-refractivity contribution in [2.24, 2.45) is 0 Å². The predicted molar refractivity (Wildman–Crippen MR) is 86.9 cm³/mol. The Labute approximate surface area is 127 Å². The zero-order valence-corrected chi connectivity index (χ0v) is 12.9. The van der Waals surface area contributed by atoms with Crippen molar-refractivity contribution in [3.63, 3.8) is 0 Å². The number of nitrogens with one attached hydrogen (secondary N) is 1. The SMILES string of the molecule is CNC(Cc1ccc(C)cc1)c1cccc2c1OCCC2. The maximum absolute atomic E-state index is 5.95. The molecule has 2 nitrogen and oxygen atoms in total. The third-order valence-electron chi connectivity index (χ3n) is 4.25. The van der Waals surface area contributed by atoms with Gasteiger partial charge >= 0.3 is 0 Å². The first kappa shape index (κ1) is 14.2. The molecule has 0 aliphatic carbocycles. The number of likely N-dealkylation sites (N-methyl/N-ethyl adjacent to an activating group) is 1. The Morgan fingerprint density at radius 2 is 1.95 bits per heavy atom. The summed E-state index contributed by atoms with van der Waals surface area (Å²) in [6.07, 6.45) is 3.24. The summed E-state index contributed by atoms with van der Waals surface area (Å²) in [6.45, 7) is 2.96. The molecule has 0 radical (unpaired) electrons. The average molecular weight is 281 g/mol. The number of rotatable bonds is 4. The Hall–Kier alpha value is -1.80. The molecule has 0 fully saturated rings. The normalized spacial score (nSPS) is 15.1. The van der Waals surface area contributed by atoms with Gasteiger partial charge in [-0.05, 0) is 44.4 Å². The van der Waals surface area contributed by atoms with E-state index in [1.165, 1.54) is 22.3 Å². The van der Waals surface area contributed by atoms with E-state index in [1.54, 1.807) is 0 Å². The summed E-state index contributed by atoms with van der Waals surface area (Å²) in [6, 6.07) is 15.6. The standard InChI is InChI=1S/C19H23NO/c1-14-8-10-15(11-9-14)13-18(20-2)17-7-3-5-16-6-4-12-21-19(16)17/h3,5,7-11,18,20H,4,6,12-13H2,1-2H3. The van der Waals surface area contributed by atoms with Gasteiger partial charge in [-0.1, -0.05) is 48.0 Å². The molecule has 2 aromatic rings. The van der Waals surface area contributed by atoms with E-state index in [-0.39, 0.29) is 0 Å². The fourth-order valence-corrected chi connectivity index (χ4v) is 3.02. The molecular formula is C19H23NO. The lowest BCUT2D eigenvalue weighted by Gasteiger charge is -2.25. The molecule has 0 aromatic heterocycles. The van der Waals surface area contributed by atoms with Crippen LogP contribution in [-0.2, 0) is 12.8 Å². The predicted octanol–water partition coefficient (Wildman–Crippen LogP) is 3.82. The van der Waals surface area contributed by atoms with Crippen LogP contribution in [0, 0.1) is 6.92 Å². The van der Waals surface area contributed by atoms with Crippen LogP contribution in [0.15, 0.2) is 42.5 Å². The van der Waals surface area contributed by atoms with E-state index in [0.717, 1.165) is 31.6 Å². The first-order valence-corrected chi connectivity index (χ1v) is 7.75. The summed E-state index contributed by atoms with van der Waals surface area (Å²) < 4.78 is 5.95. The van der Waals surface area contributed by atoms with Crippen molar-refractivity contribution >= 4 is 0 Å². The van der Waals surface area contributed by atoms with Gasteiger partial charge in [0.15, 0.2) is 0 Å². The topological polar surface area (TPSA) is 21.3 Å². The maximum atomic E-state index is 5.95. The molecule has 110 valence electrons. The second-order valence-corrected chi connectivity index (χ2v) is 5.82. The molecule has 0 bridgehead atoms. The van der Waals surface area contributed by atoms with Crippen molar-refractivity contribution in [1.82, 2.24) is 5.32 Å². The van der Waals surface area contributed by atoms with Crippen molar-refractivity contribution in [3.8, 4) is 5.75 Å². The summed E-state index contributed by atoms with van der Waals surface area (Å²) >= 11 is 0. The quantitative estimate of drug-likeness (QED) is 0.920. The van der Waals surface area contributed by atoms with Crippen molar-refractivity contribution in [2.45, 2.75) is 32.2 Å². The van der Waals surface area contributed by atoms with Crippen LogP contribution in [0.1, 0.15) is 34.7 Å². The molecule has 1 heterocycles. The van der Waals surface area contributed by atoms with Crippen LogP contribution in [-0.4, -0.2) is 13.7 Å². The van der Waals surface area contributed by atoms with Gasteiger partial charge in [-0.15, -0.1) is 0 Å². The number of benzene rings is 2. The van der Waals surface area contributed by atoms with Crippen molar-refractivity contribution in [3.05, 3.63) is 64.7 Å². The van der Waals surface area contributed by atoms with Crippen molar-refractivity contribution in [1.29, 1.82) is 0 Å². The Balaban J connectivity index is 1.88. The van der Waals surface area contributed by atoms with Gasteiger partial charge in [-0.3, -0.25) is 0 Å². The van der Waals surface area contributed by atoms with E-state index in [2.05, 4.69) is 54.7 Å². The number of fused-ring (bicyclic) bond motifs is 1. The molecule has 1 aliphatic heterocycles. The van der Waals surface area contributed by atoms with Gasteiger partial charge in [-0.2, -0.15) is 0 Å². The molecule has 3 rings (SSSR count). The Morgan fingerprint density at radius 3 is 2.71 bits per heavy atom. The van der Waals surface area contributed by atoms with Crippen LogP contribution in [0.4, 0.5) is 0 Å². The third-order valence-corrected chi connectivity index (χ3v) is 4.25. The lowest BCUT2D eigenvalue weighted by atomic mass is 9.94. The second kappa shape index (κ2) is 6.31. The largest absolute Gasteiger partial charge is 0.493 e. The fourth-order valence-electron chi connectivity index (χ4n) is 3.02. The minimum Gasteiger partial charge on any atom is -0.493 e. The number of aryl methyl sites for hydroxylation is 2. The summed E-state index contributed by atoms with van der Waals surface area (Å²) in [4.78, 5) is 0. The summed E-state index contributed by atoms with van der Waals surface area (Å²) in [7, 11) is 2.03. The van der Waals surface area contributed by atoms with E-state index < -0.39 is 0 Å². The molecule has 2 heteroatoms. The highest BCUT2D eigenvalue weighted by atomic mass is 16.5. The van der Waals surface area contributed by atoms with Crippen molar-refractivity contribution < 1.29 is 4.74 Å². The average Bonchev–Trinajstić information content (AvgIpc) is 2.54. The van der Waals surface area contributed by atoms with Crippen LogP contribution in [0.5, 0.6) is 5.75 Å². The smallest absolute Gasteiger partial charge is 0.127 e. The third kappa shape index (κ3) is 3.11. The number of ether oxygens (including phenoxy) is 1. The second-order valence-electron chi connectivity index (χ2n) is 5.82. The zero-order valence-electron chi connectivity index (χ0n) is 12.9. The van der Waals surface area contributed by atoms with Crippen LogP contribution in [0.3, 0.4) is 0 Å². The highest BCUT2D eigenvalue weighted by molar-refractivity contribution is 5.45. The van der Waals surface area contributed by atoms with Crippen LogP contribution in [0.25, 0.3) is 0 Å². The molecule has 1 aliphatic rings. The number of hydrogen-bond donors (Lipinski definition) is 1. The molecule has 0 spiro atoms. The zero-order chi connectivity index (χ0) is 14.7. The Morgan fingerprint density at radius 1 is 1.14 bits per heavy atom. The van der Waals surface area contributed by atoms with E-state index in [4.69, 9.17) is 4.74 Å².